The maximum atomic E-state index is 12.5. The van der Waals surface area contributed by atoms with Crippen molar-refractivity contribution in [2.24, 2.45) is 0 Å². The summed E-state index contributed by atoms with van der Waals surface area (Å²) in [5.41, 5.74) is 2.40. The van der Waals surface area contributed by atoms with Gasteiger partial charge in [-0.05, 0) is 47.5 Å². The van der Waals surface area contributed by atoms with Crippen LogP contribution in [0.25, 0.3) is 11.1 Å². The smallest absolute Gasteiger partial charge is 0.344 e. The van der Waals surface area contributed by atoms with Crippen molar-refractivity contribution in [2.75, 3.05) is 0 Å². The third-order valence-corrected chi connectivity index (χ3v) is 5.76. The van der Waals surface area contributed by atoms with Crippen LogP contribution in [0.5, 0.6) is 11.5 Å². The molecule has 2 heterocycles. The first-order valence-electron chi connectivity index (χ1n) is 8.40. The quantitative estimate of drug-likeness (QED) is 0.402. The van der Waals surface area contributed by atoms with E-state index in [1.54, 1.807) is 12.1 Å². The van der Waals surface area contributed by atoms with Crippen LogP contribution in [-0.4, -0.2) is 11.9 Å². The summed E-state index contributed by atoms with van der Waals surface area (Å²) in [6, 6.07) is 18.2. The minimum absolute atomic E-state index is 0.419. The van der Waals surface area contributed by atoms with E-state index >= 15 is 0 Å². The molecule has 0 spiro atoms. The Morgan fingerprint density at radius 1 is 0.571 bits per heavy atom. The third kappa shape index (κ3) is 2.72. The van der Waals surface area contributed by atoms with E-state index in [1.165, 1.54) is 0 Å². The molecule has 0 unspecified atom stereocenters. The van der Waals surface area contributed by atoms with E-state index in [0.29, 0.717) is 33.1 Å². The second kappa shape index (κ2) is 6.43. The van der Waals surface area contributed by atoms with Gasteiger partial charge in [0.25, 0.3) is 0 Å². The van der Waals surface area contributed by atoms with Gasteiger partial charge in [0.15, 0.2) is 0 Å². The van der Waals surface area contributed by atoms with E-state index in [2.05, 4.69) is 31.9 Å². The Bertz CT molecular complexity index is 1190. The lowest BCUT2D eigenvalue weighted by Crippen LogP contribution is -2.11. The highest BCUT2D eigenvalue weighted by molar-refractivity contribution is 9.10. The van der Waals surface area contributed by atoms with Crippen LogP contribution in [0.1, 0.15) is 11.1 Å². The molecular weight excluding hydrogens is 488 g/mol. The first-order chi connectivity index (χ1) is 13.5. The van der Waals surface area contributed by atoms with Gasteiger partial charge in [0.2, 0.25) is 0 Å². The summed E-state index contributed by atoms with van der Waals surface area (Å²) in [6.45, 7) is 0. The van der Waals surface area contributed by atoms with Crippen LogP contribution >= 0.6 is 31.9 Å². The van der Waals surface area contributed by atoms with Crippen LogP contribution in [0, 0.1) is 0 Å². The number of fused-ring (bicyclic) bond motifs is 2. The Hall–Kier alpha value is -2.70. The average molecular weight is 498 g/mol. The minimum Gasteiger partial charge on any atom is -0.422 e. The van der Waals surface area contributed by atoms with E-state index in [-0.39, 0.29) is 0 Å². The van der Waals surface area contributed by atoms with Gasteiger partial charge in [-0.3, -0.25) is 0 Å². The molecule has 0 saturated carbocycles. The fourth-order valence-electron chi connectivity index (χ4n) is 3.42. The van der Waals surface area contributed by atoms with Crippen molar-refractivity contribution >= 4 is 54.9 Å². The van der Waals surface area contributed by atoms with Crippen LogP contribution in [0.2, 0.25) is 0 Å². The highest BCUT2D eigenvalue weighted by Gasteiger charge is 2.30. The topological polar surface area (TPSA) is 52.6 Å². The lowest BCUT2D eigenvalue weighted by Gasteiger charge is -2.00. The SMILES string of the molecule is O=C1Oc2cc3c(cc2=C1c1ccc(Br)cc1)OC(=O)C=3c1ccc(Br)cc1. The average Bonchev–Trinajstić information content (AvgIpc) is 3.16. The molecule has 3 aromatic rings. The van der Waals surface area contributed by atoms with Crippen LogP contribution in [0.4, 0.5) is 0 Å². The van der Waals surface area contributed by atoms with Gasteiger partial charge in [0.05, 0.1) is 11.1 Å². The van der Waals surface area contributed by atoms with Crippen LogP contribution < -0.4 is 19.9 Å². The second-order valence-corrected chi connectivity index (χ2v) is 8.22. The molecule has 0 fully saturated rings. The van der Waals surface area contributed by atoms with Crippen molar-refractivity contribution in [1.82, 2.24) is 0 Å². The highest BCUT2D eigenvalue weighted by atomic mass is 79.9. The van der Waals surface area contributed by atoms with Gasteiger partial charge >= 0.3 is 11.9 Å². The first kappa shape index (κ1) is 17.4. The number of carbonyl (C=O) groups is 2. The first-order valence-corrected chi connectivity index (χ1v) is 9.99. The summed E-state index contributed by atoms with van der Waals surface area (Å²) in [4.78, 5) is 25.0. The standard InChI is InChI=1S/C22H10Br2O4/c23-13-5-1-11(2-6-13)19-15-9-18-16(10-17(15)27-21(19)25)20(22(26)28-18)12-3-7-14(24)8-4-12/h1-10H. The number of benzene rings is 3. The Labute approximate surface area is 176 Å². The Kier molecular flexibility index (Phi) is 4.00. The van der Waals surface area contributed by atoms with Gasteiger partial charge in [-0.15, -0.1) is 0 Å². The molecule has 0 N–H and O–H groups in total. The molecule has 5 rings (SSSR count). The lowest BCUT2D eigenvalue weighted by molar-refractivity contribution is -0.128. The maximum Gasteiger partial charge on any atom is 0.344 e. The molecular formula is C22H10Br2O4. The number of hydrogen-bond donors (Lipinski definition) is 0. The monoisotopic (exact) mass is 496 g/mol. The zero-order chi connectivity index (χ0) is 19.4. The number of carbonyl (C=O) groups excluding carboxylic acids is 2. The maximum absolute atomic E-state index is 12.5. The zero-order valence-electron chi connectivity index (χ0n) is 14.2. The van der Waals surface area contributed by atoms with Gasteiger partial charge in [-0.25, -0.2) is 9.59 Å². The summed E-state index contributed by atoms with van der Waals surface area (Å²) in [5, 5.41) is 1.24. The van der Waals surface area contributed by atoms with Gasteiger partial charge in [-0.1, -0.05) is 56.1 Å². The van der Waals surface area contributed by atoms with Gasteiger partial charge in [0.1, 0.15) is 11.5 Å². The zero-order valence-corrected chi connectivity index (χ0v) is 17.3. The molecule has 136 valence electrons. The van der Waals surface area contributed by atoms with E-state index in [0.717, 1.165) is 20.1 Å². The predicted octanol–water partition coefficient (Wildman–Crippen LogP) is 3.45. The van der Waals surface area contributed by atoms with E-state index in [9.17, 15) is 9.59 Å². The van der Waals surface area contributed by atoms with E-state index in [4.69, 9.17) is 9.47 Å². The predicted molar refractivity (Wildman–Crippen MR) is 110 cm³/mol. The van der Waals surface area contributed by atoms with Crippen LogP contribution in [-0.2, 0) is 9.59 Å². The molecule has 4 nitrogen and oxygen atoms in total. The lowest BCUT2D eigenvalue weighted by atomic mass is 10.0. The van der Waals surface area contributed by atoms with Crippen LogP contribution in [0.3, 0.4) is 0 Å². The van der Waals surface area contributed by atoms with Gasteiger partial charge < -0.3 is 9.47 Å². The molecule has 0 aromatic heterocycles. The fourth-order valence-corrected chi connectivity index (χ4v) is 3.95. The summed E-state index contributed by atoms with van der Waals surface area (Å²) in [7, 11) is 0. The number of esters is 2. The van der Waals surface area contributed by atoms with Gasteiger partial charge in [0, 0.05) is 19.4 Å². The van der Waals surface area contributed by atoms with E-state index in [1.807, 2.05) is 48.5 Å². The molecule has 2 aliphatic heterocycles. The van der Waals surface area contributed by atoms with Gasteiger partial charge in [-0.2, -0.15) is 0 Å². The molecule has 0 aliphatic carbocycles. The molecule has 6 heteroatoms. The molecule has 0 amide bonds. The second-order valence-electron chi connectivity index (χ2n) is 6.39. The Morgan fingerprint density at radius 3 is 1.29 bits per heavy atom. The van der Waals surface area contributed by atoms with Crippen molar-refractivity contribution in [3.63, 3.8) is 0 Å². The summed E-state index contributed by atoms with van der Waals surface area (Å²) in [5.74, 6) is 0.0131. The number of rotatable bonds is 2. The van der Waals surface area contributed by atoms with Crippen molar-refractivity contribution in [3.8, 4) is 11.5 Å². The molecule has 2 aliphatic rings. The number of ether oxygens (including phenoxy) is 2. The Balaban J connectivity index is 1.76. The molecule has 0 atom stereocenters. The van der Waals surface area contributed by atoms with Crippen LogP contribution in [0.15, 0.2) is 69.6 Å². The molecule has 3 aromatic carbocycles. The third-order valence-electron chi connectivity index (χ3n) is 4.70. The van der Waals surface area contributed by atoms with E-state index < -0.39 is 11.9 Å². The number of hydrogen-bond acceptors (Lipinski definition) is 4. The van der Waals surface area contributed by atoms with Crippen molar-refractivity contribution in [2.45, 2.75) is 0 Å². The number of halogens is 2. The minimum atomic E-state index is -0.419. The summed E-state index contributed by atoms with van der Waals surface area (Å²) in [6.07, 6.45) is 0. The normalized spacial score (nSPS) is 14.6. The summed E-state index contributed by atoms with van der Waals surface area (Å²) < 4.78 is 12.8. The molecule has 0 saturated heterocycles. The molecule has 28 heavy (non-hydrogen) atoms. The van der Waals surface area contributed by atoms with Crippen molar-refractivity contribution in [1.29, 1.82) is 0 Å². The van der Waals surface area contributed by atoms with Crippen molar-refractivity contribution in [3.05, 3.63) is 91.2 Å². The molecule has 0 radical (unpaired) electrons. The highest BCUT2D eigenvalue weighted by Crippen LogP contribution is 2.28. The van der Waals surface area contributed by atoms with Crippen molar-refractivity contribution < 1.29 is 19.1 Å². The largest absolute Gasteiger partial charge is 0.422 e. The molecule has 0 bridgehead atoms. The summed E-state index contributed by atoms with van der Waals surface area (Å²) >= 11 is 6.79. The fraction of sp³-hybridized carbons (Fsp3) is 0. The Morgan fingerprint density at radius 2 is 0.929 bits per heavy atom.